The molecule has 1 N–H and O–H groups in total. The summed E-state index contributed by atoms with van der Waals surface area (Å²) in [6, 6.07) is 8.81. The average Bonchev–Trinajstić information content (AvgIpc) is 3.01. The Labute approximate surface area is 108 Å². The van der Waals surface area contributed by atoms with E-state index in [4.69, 9.17) is 4.74 Å². The van der Waals surface area contributed by atoms with E-state index in [2.05, 4.69) is 5.32 Å². The molecule has 2 aliphatic heterocycles. The monoisotopic (exact) mass is 245 g/mol. The third-order valence-corrected chi connectivity index (χ3v) is 4.27. The van der Waals surface area contributed by atoms with Crippen molar-refractivity contribution in [1.82, 2.24) is 5.32 Å². The molecule has 0 radical (unpaired) electrons. The van der Waals surface area contributed by atoms with E-state index < -0.39 is 0 Å². The molecule has 2 bridgehead atoms. The molecule has 2 heterocycles. The maximum atomic E-state index is 12.4. The Morgan fingerprint density at radius 2 is 2.22 bits per heavy atom. The van der Waals surface area contributed by atoms with Crippen LogP contribution in [0.25, 0.3) is 0 Å². The van der Waals surface area contributed by atoms with Crippen molar-refractivity contribution in [2.24, 2.45) is 5.92 Å². The van der Waals surface area contributed by atoms with Gasteiger partial charge in [0.05, 0.1) is 7.11 Å². The van der Waals surface area contributed by atoms with Gasteiger partial charge in [0.2, 0.25) is 0 Å². The average molecular weight is 245 g/mol. The molecule has 3 rings (SSSR count). The van der Waals surface area contributed by atoms with Crippen LogP contribution in [0.15, 0.2) is 24.3 Å². The molecule has 2 saturated heterocycles. The van der Waals surface area contributed by atoms with Crippen molar-refractivity contribution in [2.45, 2.75) is 37.8 Å². The van der Waals surface area contributed by atoms with Gasteiger partial charge in [-0.1, -0.05) is 18.2 Å². The number of hydrogen-bond acceptors (Lipinski definition) is 3. The largest absolute Gasteiger partial charge is 0.496 e. The number of methoxy groups -OCH3 is 1. The van der Waals surface area contributed by atoms with E-state index in [0.717, 1.165) is 24.2 Å². The Hall–Kier alpha value is -1.35. The zero-order valence-corrected chi connectivity index (χ0v) is 10.7. The number of ketones is 1. The molecule has 1 aromatic carbocycles. The Morgan fingerprint density at radius 1 is 1.39 bits per heavy atom. The van der Waals surface area contributed by atoms with Gasteiger partial charge in [0, 0.05) is 30.0 Å². The van der Waals surface area contributed by atoms with Gasteiger partial charge in [-0.15, -0.1) is 0 Å². The second kappa shape index (κ2) is 4.73. The molecule has 3 atom stereocenters. The summed E-state index contributed by atoms with van der Waals surface area (Å²) in [5.41, 5.74) is 1.01. The smallest absolute Gasteiger partial charge is 0.142 e. The number of hydrogen-bond donors (Lipinski definition) is 1. The van der Waals surface area contributed by atoms with E-state index in [1.807, 2.05) is 24.3 Å². The molecule has 0 saturated carbocycles. The van der Waals surface area contributed by atoms with Crippen LogP contribution in [-0.4, -0.2) is 25.0 Å². The Kier molecular flexibility index (Phi) is 3.08. The third-order valence-electron chi connectivity index (χ3n) is 4.27. The first kappa shape index (κ1) is 11.7. The zero-order valence-electron chi connectivity index (χ0n) is 10.7. The summed E-state index contributed by atoms with van der Waals surface area (Å²) in [5.74, 6) is 1.40. The molecule has 18 heavy (non-hydrogen) atoms. The highest BCUT2D eigenvalue weighted by molar-refractivity contribution is 5.85. The van der Waals surface area contributed by atoms with Crippen molar-refractivity contribution in [3.8, 4) is 5.75 Å². The standard InChI is InChI=1S/C15H19NO2/c1-18-15-5-3-2-4-10(15)8-14(17)12-9-11-6-7-13(12)16-11/h2-5,11-13,16H,6-9H2,1H3. The van der Waals surface area contributed by atoms with Gasteiger partial charge in [0.1, 0.15) is 11.5 Å². The molecule has 2 fully saturated rings. The molecule has 2 aliphatic rings. The molecular weight excluding hydrogens is 226 g/mol. The van der Waals surface area contributed by atoms with Crippen LogP contribution in [0.1, 0.15) is 24.8 Å². The van der Waals surface area contributed by atoms with Gasteiger partial charge in [-0.25, -0.2) is 0 Å². The Bertz CT molecular complexity index is 458. The van der Waals surface area contributed by atoms with Crippen molar-refractivity contribution >= 4 is 5.78 Å². The molecule has 0 aromatic heterocycles. The molecule has 96 valence electrons. The van der Waals surface area contributed by atoms with Crippen molar-refractivity contribution in [1.29, 1.82) is 0 Å². The quantitative estimate of drug-likeness (QED) is 0.881. The lowest BCUT2D eigenvalue weighted by Gasteiger charge is -2.19. The van der Waals surface area contributed by atoms with Gasteiger partial charge < -0.3 is 10.1 Å². The van der Waals surface area contributed by atoms with E-state index in [-0.39, 0.29) is 5.92 Å². The molecule has 0 aliphatic carbocycles. The van der Waals surface area contributed by atoms with Crippen molar-refractivity contribution in [3.63, 3.8) is 0 Å². The van der Waals surface area contributed by atoms with Crippen LogP contribution < -0.4 is 10.1 Å². The van der Waals surface area contributed by atoms with Crippen LogP contribution in [0.3, 0.4) is 0 Å². The Balaban J connectivity index is 1.71. The maximum absolute atomic E-state index is 12.4. The lowest BCUT2D eigenvalue weighted by atomic mass is 9.84. The molecular formula is C15H19NO2. The number of fused-ring (bicyclic) bond motifs is 2. The zero-order chi connectivity index (χ0) is 12.5. The summed E-state index contributed by atoms with van der Waals surface area (Å²) >= 11 is 0. The predicted octanol–water partition coefficient (Wildman–Crippen LogP) is 1.95. The van der Waals surface area contributed by atoms with Crippen LogP contribution in [0.4, 0.5) is 0 Å². The molecule has 3 unspecified atom stereocenters. The highest BCUT2D eigenvalue weighted by Crippen LogP contribution is 2.34. The number of benzene rings is 1. The van der Waals surface area contributed by atoms with Crippen molar-refractivity contribution in [2.75, 3.05) is 7.11 Å². The van der Waals surface area contributed by atoms with E-state index in [1.165, 1.54) is 6.42 Å². The van der Waals surface area contributed by atoms with Crippen molar-refractivity contribution in [3.05, 3.63) is 29.8 Å². The number of nitrogens with one attached hydrogen (secondary N) is 1. The molecule has 0 spiro atoms. The normalized spacial score (nSPS) is 29.5. The van der Waals surface area contributed by atoms with Crippen LogP contribution in [0, 0.1) is 5.92 Å². The minimum absolute atomic E-state index is 0.216. The number of para-hydroxylation sites is 1. The molecule has 3 nitrogen and oxygen atoms in total. The minimum atomic E-state index is 0.216. The summed E-state index contributed by atoms with van der Waals surface area (Å²) < 4.78 is 5.30. The van der Waals surface area contributed by atoms with Crippen LogP contribution in [-0.2, 0) is 11.2 Å². The SMILES string of the molecule is COc1ccccc1CC(=O)C1CC2CCC1N2. The van der Waals surface area contributed by atoms with E-state index in [1.54, 1.807) is 7.11 Å². The third kappa shape index (κ3) is 2.03. The minimum Gasteiger partial charge on any atom is -0.496 e. The Morgan fingerprint density at radius 3 is 2.89 bits per heavy atom. The second-order valence-electron chi connectivity index (χ2n) is 5.34. The van der Waals surface area contributed by atoms with Gasteiger partial charge in [-0.3, -0.25) is 4.79 Å². The number of rotatable bonds is 4. The topological polar surface area (TPSA) is 38.3 Å². The first-order valence-corrected chi connectivity index (χ1v) is 6.68. The summed E-state index contributed by atoms with van der Waals surface area (Å²) in [4.78, 5) is 12.4. The fourth-order valence-electron chi connectivity index (χ4n) is 3.35. The second-order valence-corrected chi connectivity index (χ2v) is 5.34. The fourth-order valence-corrected chi connectivity index (χ4v) is 3.35. The fraction of sp³-hybridized carbons (Fsp3) is 0.533. The molecule has 3 heteroatoms. The summed E-state index contributed by atoms with van der Waals surface area (Å²) in [7, 11) is 1.66. The number of Topliss-reactive ketones (excluding diaryl/α,β-unsaturated/α-hetero) is 1. The number of ether oxygens (including phenoxy) is 1. The van der Waals surface area contributed by atoms with E-state index in [9.17, 15) is 4.79 Å². The summed E-state index contributed by atoms with van der Waals surface area (Å²) in [6.07, 6.45) is 3.92. The maximum Gasteiger partial charge on any atom is 0.142 e. The first-order valence-electron chi connectivity index (χ1n) is 6.68. The van der Waals surface area contributed by atoms with Crippen LogP contribution in [0.5, 0.6) is 5.75 Å². The van der Waals surface area contributed by atoms with E-state index in [0.29, 0.717) is 24.3 Å². The van der Waals surface area contributed by atoms with Crippen LogP contribution in [0.2, 0.25) is 0 Å². The lowest BCUT2D eigenvalue weighted by Crippen LogP contribution is -2.29. The summed E-state index contributed by atoms with van der Waals surface area (Å²) in [6.45, 7) is 0. The number of carbonyl (C=O) groups excluding carboxylic acids is 1. The van der Waals surface area contributed by atoms with Gasteiger partial charge in [0.15, 0.2) is 0 Å². The van der Waals surface area contributed by atoms with Crippen LogP contribution >= 0.6 is 0 Å². The highest BCUT2D eigenvalue weighted by Gasteiger charge is 2.42. The van der Waals surface area contributed by atoms with Gasteiger partial charge in [-0.2, -0.15) is 0 Å². The predicted molar refractivity (Wildman–Crippen MR) is 69.8 cm³/mol. The number of carbonyl (C=O) groups is 1. The lowest BCUT2D eigenvalue weighted by molar-refractivity contribution is -0.122. The van der Waals surface area contributed by atoms with Gasteiger partial charge in [0.25, 0.3) is 0 Å². The first-order chi connectivity index (χ1) is 8.78. The highest BCUT2D eigenvalue weighted by atomic mass is 16.5. The molecule has 1 aromatic rings. The molecule has 0 amide bonds. The van der Waals surface area contributed by atoms with E-state index >= 15 is 0 Å². The van der Waals surface area contributed by atoms with Gasteiger partial charge in [-0.05, 0) is 25.3 Å². The summed E-state index contributed by atoms with van der Waals surface area (Å²) in [5, 5.41) is 3.52. The van der Waals surface area contributed by atoms with Gasteiger partial charge >= 0.3 is 0 Å². The van der Waals surface area contributed by atoms with Crippen molar-refractivity contribution < 1.29 is 9.53 Å².